The largest absolute Gasteiger partial charge is 0.352 e. The lowest BCUT2D eigenvalue weighted by Gasteiger charge is -2.17. The van der Waals surface area contributed by atoms with Gasteiger partial charge in [-0.1, -0.05) is 12.1 Å². The molecule has 102 valence electrons. The lowest BCUT2D eigenvalue weighted by Crippen LogP contribution is -2.32. The predicted octanol–water partition coefficient (Wildman–Crippen LogP) is 2.36. The van der Waals surface area contributed by atoms with E-state index in [-0.39, 0.29) is 12.1 Å². The van der Waals surface area contributed by atoms with E-state index in [4.69, 9.17) is 9.47 Å². The van der Waals surface area contributed by atoms with Crippen LogP contribution < -0.4 is 5.32 Å². The molecular weight excluding hydrogens is 233 g/mol. The Balaban J connectivity index is 2.18. The Kier molecular flexibility index (Phi) is 7.57. The number of hydrogen-bond acceptors (Lipinski definition) is 3. The smallest absolute Gasteiger partial charge is 0.169 e. The van der Waals surface area contributed by atoms with Gasteiger partial charge in [0.15, 0.2) is 6.29 Å². The molecule has 0 atom stereocenters. The summed E-state index contributed by atoms with van der Waals surface area (Å²) in [6, 6.07) is 6.58. The summed E-state index contributed by atoms with van der Waals surface area (Å²) in [6.45, 7) is 6.68. The Hall–Kier alpha value is -0.970. The molecular formula is C14H22FNO2. The first-order valence-corrected chi connectivity index (χ1v) is 6.44. The third-order valence-electron chi connectivity index (χ3n) is 2.52. The number of rotatable bonds is 9. The fourth-order valence-electron chi connectivity index (χ4n) is 1.64. The Morgan fingerprint density at radius 2 is 1.72 bits per heavy atom. The molecule has 0 fully saturated rings. The fourth-order valence-corrected chi connectivity index (χ4v) is 1.64. The SMILES string of the molecule is CCOC(CNCCc1ccc(F)cc1)OCC. The average molecular weight is 255 g/mol. The molecule has 18 heavy (non-hydrogen) atoms. The second-order valence-corrected chi connectivity index (χ2v) is 3.92. The first-order chi connectivity index (χ1) is 8.76. The summed E-state index contributed by atoms with van der Waals surface area (Å²) in [4.78, 5) is 0. The van der Waals surface area contributed by atoms with Crippen LogP contribution in [0.1, 0.15) is 19.4 Å². The summed E-state index contributed by atoms with van der Waals surface area (Å²) in [6.07, 6.45) is 0.679. The van der Waals surface area contributed by atoms with Gasteiger partial charge in [-0.2, -0.15) is 0 Å². The zero-order valence-electron chi connectivity index (χ0n) is 11.1. The van der Waals surface area contributed by atoms with Gasteiger partial charge >= 0.3 is 0 Å². The van der Waals surface area contributed by atoms with Crippen LogP contribution in [0.25, 0.3) is 0 Å². The minimum atomic E-state index is -0.195. The van der Waals surface area contributed by atoms with Crippen LogP contribution >= 0.6 is 0 Å². The molecule has 0 spiro atoms. The van der Waals surface area contributed by atoms with E-state index in [0.717, 1.165) is 18.5 Å². The van der Waals surface area contributed by atoms with Crippen molar-refractivity contribution in [2.45, 2.75) is 26.6 Å². The van der Waals surface area contributed by atoms with Gasteiger partial charge in [-0.3, -0.25) is 0 Å². The molecule has 4 heteroatoms. The number of ether oxygens (including phenoxy) is 2. The van der Waals surface area contributed by atoms with Crippen molar-refractivity contribution in [3.8, 4) is 0 Å². The molecule has 0 amide bonds. The number of benzene rings is 1. The highest BCUT2D eigenvalue weighted by Gasteiger charge is 2.06. The molecule has 0 aliphatic rings. The highest BCUT2D eigenvalue weighted by atomic mass is 19.1. The van der Waals surface area contributed by atoms with Crippen LogP contribution in [0, 0.1) is 5.82 Å². The molecule has 1 aromatic rings. The highest BCUT2D eigenvalue weighted by Crippen LogP contribution is 2.02. The topological polar surface area (TPSA) is 30.5 Å². The standard InChI is InChI=1S/C14H22FNO2/c1-3-17-14(18-4-2)11-16-10-9-12-5-7-13(15)8-6-12/h5-8,14,16H,3-4,9-11H2,1-2H3. The summed E-state index contributed by atoms with van der Waals surface area (Å²) in [5, 5.41) is 3.27. The summed E-state index contributed by atoms with van der Waals surface area (Å²) in [5.74, 6) is -0.195. The summed E-state index contributed by atoms with van der Waals surface area (Å²) in [5.41, 5.74) is 1.12. The van der Waals surface area contributed by atoms with Crippen molar-refractivity contribution in [1.29, 1.82) is 0 Å². The lowest BCUT2D eigenvalue weighted by atomic mass is 10.1. The maximum absolute atomic E-state index is 12.7. The van der Waals surface area contributed by atoms with Gasteiger partial charge < -0.3 is 14.8 Å². The van der Waals surface area contributed by atoms with E-state index in [1.807, 2.05) is 13.8 Å². The molecule has 0 bridgehead atoms. The summed E-state index contributed by atoms with van der Waals surface area (Å²) in [7, 11) is 0. The minimum absolute atomic E-state index is 0.187. The number of hydrogen-bond donors (Lipinski definition) is 1. The van der Waals surface area contributed by atoms with E-state index in [1.54, 1.807) is 12.1 Å². The van der Waals surface area contributed by atoms with Gasteiger partial charge in [0, 0.05) is 19.8 Å². The molecule has 1 N–H and O–H groups in total. The maximum Gasteiger partial charge on any atom is 0.169 e. The molecule has 0 heterocycles. The fraction of sp³-hybridized carbons (Fsp3) is 0.571. The molecule has 0 saturated heterocycles. The van der Waals surface area contributed by atoms with Crippen molar-refractivity contribution < 1.29 is 13.9 Å². The summed E-state index contributed by atoms with van der Waals surface area (Å²) < 4.78 is 23.5. The van der Waals surface area contributed by atoms with Crippen LogP contribution in [0.2, 0.25) is 0 Å². The third kappa shape index (κ3) is 6.10. The van der Waals surface area contributed by atoms with Crippen molar-refractivity contribution in [3.63, 3.8) is 0 Å². The molecule has 0 aliphatic carbocycles. The monoisotopic (exact) mass is 255 g/mol. The molecule has 1 aromatic carbocycles. The lowest BCUT2D eigenvalue weighted by molar-refractivity contribution is -0.132. The van der Waals surface area contributed by atoms with Crippen molar-refractivity contribution in [3.05, 3.63) is 35.6 Å². The second-order valence-electron chi connectivity index (χ2n) is 3.92. The number of nitrogens with one attached hydrogen (secondary N) is 1. The number of halogens is 1. The van der Waals surface area contributed by atoms with Crippen molar-refractivity contribution in [1.82, 2.24) is 5.32 Å². The van der Waals surface area contributed by atoms with Crippen LogP contribution in [0.5, 0.6) is 0 Å². The van der Waals surface area contributed by atoms with Crippen LogP contribution in [0.4, 0.5) is 4.39 Å². The normalized spacial score (nSPS) is 11.1. The quantitative estimate of drug-likeness (QED) is 0.543. The zero-order valence-corrected chi connectivity index (χ0v) is 11.1. The molecule has 3 nitrogen and oxygen atoms in total. The Bertz CT molecular complexity index is 310. The first kappa shape index (κ1) is 15.1. The molecule has 0 radical (unpaired) electrons. The zero-order chi connectivity index (χ0) is 13.2. The van der Waals surface area contributed by atoms with Crippen LogP contribution in [-0.2, 0) is 15.9 Å². The van der Waals surface area contributed by atoms with Crippen LogP contribution in [0.3, 0.4) is 0 Å². The second kappa shape index (κ2) is 9.03. The van der Waals surface area contributed by atoms with Crippen LogP contribution in [0.15, 0.2) is 24.3 Å². The van der Waals surface area contributed by atoms with Crippen molar-refractivity contribution >= 4 is 0 Å². The van der Waals surface area contributed by atoms with E-state index < -0.39 is 0 Å². The Morgan fingerprint density at radius 3 is 2.28 bits per heavy atom. The average Bonchev–Trinajstić information content (AvgIpc) is 2.37. The van der Waals surface area contributed by atoms with E-state index in [2.05, 4.69) is 5.32 Å². The Morgan fingerprint density at radius 1 is 1.11 bits per heavy atom. The van der Waals surface area contributed by atoms with Crippen molar-refractivity contribution in [2.24, 2.45) is 0 Å². The van der Waals surface area contributed by atoms with Crippen LogP contribution in [-0.4, -0.2) is 32.6 Å². The van der Waals surface area contributed by atoms with Gasteiger partial charge in [-0.05, 0) is 44.5 Å². The maximum atomic E-state index is 12.7. The molecule has 0 saturated carbocycles. The molecule has 0 aliphatic heterocycles. The minimum Gasteiger partial charge on any atom is -0.352 e. The van der Waals surface area contributed by atoms with Gasteiger partial charge in [-0.15, -0.1) is 0 Å². The molecule has 1 rings (SSSR count). The third-order valence-corrected chi connectivity index (χ3v) is 2.52. The Labute approximate surface area is 108 Å². The first-order valence-electron chi connectivity index (χ1n) is 6.44. The van der Waals surface area contributed by atoms with Gasteiger partial charge in [0.2, 0.25) is 0 Å². The van der Waals surface area contributed by atoms with Crippen molar-refractivity contribution in [2.75, 3.05) is 26.3 Å². The molecule has 0 unspecified atom stereocenters. The van der Waals surface area contributed by atoms with Gasteiger partial charge in [0.25, 0.3) is 0 Å². The van der Waals surface area contributed by atoms with Gasteiger partial charge in [-0.25, -0.2) is 4.39 Å². The molecule has 0 aromatic heterocycles. The highest BCUT2D eigenvalue weighted by molar-refractivity contribution is 5.16. The van der Waals surface area contributed by atoms with E-state index in [9.17, 15) is 4.39 Å². The predicted molar refractivity (Wildman–Crippen MR) is 70.0 cm³/mol. The van der Waals surface area contributed by atoms with E-state index >= 15 is 0 Å². The van der Waals surface area contributed by atoms with E-state index in [1.165, 1.54) is 12.1 Å². The van der Waals surface area contributed by atoms with Gasteiger partial charge in [0.1, 0.15) is 5.82 Å². The van der Waals surface area contributed by atoms with Gasteiger partial charge in [0.05, 0.1) is 0 Å². The summed E-state index contributed by atoms with van der Waals surface area (Å²) >= 11 is 0. The van der Waals surface area contributed by atoms with E-state index in [0.29, 0.717) is 19.8 Å².